The number of amides is 1. The van der Waals surface area contributed by atoms with Gasteiger partial charge >= 0.3 is 6.36 Å². The Kier molecular flexibility index (Phi) is 6.61. The van der Waals surface area contributed by atoms with Crippen molar-refractivity contribution in [1.82, 2.24) is 4.90 Å². The van der Waals surface area contributed by atoms with E-state index in [2.05, 4.69) is 4.74 Å². The number of nitrogens with zero attached hydrogens (tertiary/aromatic N) is 1. The van der Waals surface area contributed by atoms with Crippen molar-refractivity contribution in [2.24, 2.45) is 0 Å². The van der Waals surface area contributed by atoms with Gasteiger partial charge in [-0.1, -0.05) is 0 Å². The lowest BCUT2D eigenvalue weighted by atomic mass is 10.1. The summed E-state index contributed by atoms with van der Waals surface area (Å²) in [5.74, 6) is -0.448. The summed E-state index contributed by atoms with van der Waals surface area (Å²) in [5, 5.41) is -0.888. The van der Waals surface area contributed by atoms with Gasteiger partial charge < -0.3 is 14.4 Å². The summed E-state index contributed by atoms with van der Waals surface area (Å²) in [6.45, 7) is 3.67. The van der Waals surface area contributed by atoms with Gasteiger partial charge in [0.15, 0.2) is 16.4 Å². The maximum Gasteiger partial charge on any atom is 0.573 e. The van der Waals surface area contributed by atoms with Crippen LogP contribution in [0.15, 0.2) is 24.3 Å². The van der Waals surface area contributed by atoms with Gasteiger partial charge in [0.1, 0.15) is 11.5 Å². The van der Waals surface area contributed by atoms with Gasteiger partial charge in [0, 0.05) is 13.1 Å². The number of likely N-dealkylation sites (tertiary alicyclic amines) is 1. The molecule has 1 saturated heterocycles. The van der Waals surface area contributed by atoms with Crippen LogP contribution in [0.2, 0.25) is 0 Å². The molecule has 1 amide bonds. The SMILES string of the molecule is CC(C)S(=O)(=O)C1CCN(C(=O)COc2ccc(OC(F)(F)F)cc2)CC1. The fourth-order valence-corrected chi connectivity index (χ4v) is 4.43. The average Bonchev–Trinajstić information content (AvgIpc) is 2.59. The molecule has 152 valence electrons. The third kappa shape index (κ3) is 6.02. The predicted molar refractivity (Wildman–Crippen MR) is 92.3 cm³/mol. The van der Waals surface area contributed by atoms with Crippen molar-refractivity contribution in [3.8, 4) is 11.5 Å². The zero-order valence-electron chi connectivity index (χ0n) is 15.0. The summed E-state index contributed by atoms with van der Waals surface area (Å²) in [5.41, 5.74) is 0. The molecule has 27 heavy (non-hydrogen) atoms. The molecule has 0 bridgehead atoms. The summed E-state index contributed by atoms with van der Waals surface area (Å²) < 4.78 is 69.7. The van der Waals surface area contributed by atoms with E-state index >= 15 is 0 Å². The van der Waals surface area contributed by atoms with Crippen molar-refractivity contribution >= 4 is 15.7 Å². The van der Waals surface area contributed by atoms with E-state index in [1.54, 1.807) is 13.8 Å². The van der Waals surface area contributed by atoms with Gasteiger partial charge in [-0.25, -0.2) is 8.42 Å². The standard InChI is InChI=1S/C17H22F3NO5S/c1-12(2)27(23,24)15-7-9-21(10-8-15)16(22)11-25-13-3-5-14(6-4-13)26-17(18,19)20/h3-6,12,15H,7-11H2,1-2H3. The minimum atomic E-state index is -4.77. The first-order chi connectivity index (χ1) is 12.5. The van der Waals surface area contributed by atoms with Crippen LogP contribution in [0.25, 0.3) is 0 Å². The molecule has 0 aromatic heterocycles. The number of benzene rings is 1. The predicted octanol–water partition coefficient (Wildman–Crippen LogP) is 2.78. The van der Waals surface area contributed by atoms with E-state index in [0.717, 1.165) is 12.1 Å². The number of ether oxygens (including phenoxy) is 2. The van der Waals surface area contributed by atoms with E-state index in [9.17, 15) is 26.4 Å². The van der Waals surface area contributed by atoms with Crippen LogP contribution in [0, 0.1) is 0 Å². The Hall–Kier alpha value is -1.97. The van der Waals surface area contributed by atoms with E-state index in [1.165, 1.54) is 17.0 Å². The molecule has 2 rings (SSSR count). The summed E-state index contributed by atoms with van der Waals surface area (Å²) >= 11 is 0. The highest BCUT2D eigenvalue weighted by molar-refractivity contribution is 7.92. The van der Waals surface area contributed by atoms with Gasteiger partial charge in [-0.05, 0) is 51.0 Å². The minimum absolute atomic E-state index is 0.232. The summed E-state index contributed by atoms with van der Waals surface area (Å²) in [6.07, 6.45) is -4.00. The number of hydrogen-bond donors (Lipinski definition) is 0. The lowest BCUT2D eigenvalue weighted by molar-refractivity contribution is -0.274. The number of sulfone groups is 1. The molecule has 1 aliphatic rings. The van der Waals surface area contributed by atoms with Gasteiger partial charge in [-0.3, -0.25) is 4.79 Å². The van der Waals surface area contributed by atoms with Crippen LogP contribution >= 0.6 is 0 Å². The van der Waals surface area contributed by atoms with Crippen LogP contribution in [-0.2, 0) is 14.6 Å². The van der Waals surface area contributed by atoms with Crippen LogP contribution in [0.5, 0.6) is 11.5 Å². The molecule has 1 heterocycles. The van der Waals surface area contributed by atoms with Crippen molar-refractivity contribution in [1.29, 1.82) is 0 Å². The number of carbonyl (C=O) groups is 1. The fraction of sp³-hybridized carbons (Fsp3) is 0.588. The van der Waals surface area contributed by atoms with Crippen molar-refractivity contribution in [2.75, 3.05) is 19.7 Å². The minimum Gasteiger partial charge on any atom is -0.484 e. The molecule has 10 heteroatoms. The van der Waals surface area contributed by atoms with E-state index < -0.39 is 26.7 Å². The number of alkyl halides is 3. The smallest absolute Gasteiger partial charge is 0.484 e. The lowest BCUT2D eigenvalue weighted by Gasteiger charge is -2.32. The molecule has 0 radical (unpaired) electrons. The van der Waals surface area contributed by atoms with Crippen LogP contribution in [0.3, 0.4) is 0 Å². The van der Waals surface area contributed by atoms with Gasteiger partial charge in [0.2, 0.25) is 0 Å². The zero-order valence-corrected chi connectivity index (χ0v) is 15.8. The Morgan fingerprint density at radius 2 is 1.67 bits per heavy atom. The second kappa shape index (κ2) is 8.37. The molecule has 0 unspecified atom stereocenters. The van der Waals surface area contributed by atoms with E-state index in [0.29, 0.717) is 25.9 Å². The number of hydrogen-bond acceptors (Lipinski definition) is 5. The molecule has 1 fully saturated rings. The Balaban J connectivity index is 1.82. The second-order valence-electron chi connectivity index (χ2n) is 6.53. The Morgan fingerprint density at radius 1 is 1.15 bits per heavy atom. The third-order valence-corrected chi connectivity index (χ3v) is 7.05. The van der Waals surface area contributed by atoms with Crippen molar-refractivity contribution in [2.45, 2.75) is 43.6 Å². The monoisotopic (exact) mass is 409 g/mol. The molecular weight excluding hydrogens is 387 g/mol. The normalized spacial score (nSPS) is 16.4. The highest BCUT2D eigenvalue weighted by Gasteiger charge is 2.33. The molecule has 0 aliphatic carbocycles. The Bertz CT molecular complexity index is 739. The van der Waals surface area contributed by atoms with Crippen molar-refractivity contribution < 1.29 is 35.9 Å². The van der Waals surface area contributed by atoms with Gasteiger partial charge in [-0.2, -0.15) is 0 Å². The fourth-order valence-electron chi connectivity index (χ4n) is 2.79. The Morgan fingerprint density at radius 3 is 2.15 bits per heavy atom. The topological polar surface area (TPSA) is 72.9 Å². The molecule has 6 nitrogen and oxygen atoms in total. The molecule has 1 aliphatic heterocycles. The maximum absolute atomic E-state index is 12.2. The molecule has 0 saturated carbocycles. The number of rotatable bonds is 6. The lowest BCUT2D eigenvalue weighted by Crippen LogP contribution is -2.45. The zero-order chi connectivity index (χ0) is 20.2. The van der Waals surface area contributed by atoms with E-state index in [-0.39, 0.29) is 24.0 Å². The highest BCUT2D eigenvalue weighted by Crippen LogP contribution is 2.25. The summed E-state index contributed by atoms with van der Waals surface area (Å²) in [6, 6.07) is 4.73. The van der Waals surface area contributed by atoms with Gasteiger partial charge in [-0.15, -0.1) is 13.2 Å². The van der Waals surface area contributed by atoms with Crippen molar-refractivity contribution in [3.63, 3.8) is 0 Å². The van der Waals surface area contributed by atoms with Crippen LogP contribution in [0.1, 0.15) is 26.7 Å². The van der Waals surface area contributed by atoms with Crippen LogP contribution < -0.4 is 9.47 Å². The largest absolute Gasteiger partial charge is 0.573 e. The molecular formula is C17H22F3NO5S. The van der Waals surface area contributed by atoms with Gasteiger partial charge in [0.25, 0.3) is 5.91 Å². The average molecular weight is 409 g/mol. The first-order valence-electron chi connectivity index (χ1n) is 8.48. The molecule has 1 aromatic carbocycles. The number of carbonyl (C=O) groups excluding carboxylic acids is 1. The summed E-state index contributed by atoms with van der Waals surface area (Å²) in [4.78, 5) is 13.7. The first-order valence-corrected chi connectivity index (χ1v) is 10.1. The van der Waals surface area contributed by atoms with E-state index in [4.69, 9.17) is 4.74 Å². The number of halogens is 3. The van der Waals surface area contributed by atoms with Crippen LogP contribution in [0.4, 0.5) is 13.2 Å². The third-order valence-electron chi connectivity index (χ3n) is 4.34. The highest BCUT2D eigenvalue weighted by atomic mass is 32.2. The van der Waals surface area contributed by atoms with Crippen molar-refractivity contribution in [3.05, 3.63) is 24.3 Å². The summed E-state index contributed by atoms with van der Waals surface area (Å²) in [7, 11) is -3.18. The van der Waals surface area contributed by atoms with Crippen LogP contribution in [-0.4, -0.2) is 55.8 Å². The van der Waals surface area contributed by atoms with Gasteiger partial charge in [0.05, 0.1) is 10.5 Å². The number of piperidine rings is 1. The first kappa shape index (κ1) is 21.3. The molecule has 0 N–H and O–H groups in total. The maximum atomic E-state index is 12.2. The van der Waals surface area contributed by atoms with E-state index in [1.807, 2.05) is 0 Å². The Labute approximate surface area is 156 Å². The molecule has 1 aromatic rings. The molecule has 0 spiro atoms. The second-order valence-corrected chi connectivity index (χ2v) is 9.31. The molecule has 0 atom stereocenters. The quantitative estimate of drug-likeness (QED) is 0.723.